The molecule has 1 aliphatic rings. The molecular weight excluding hydrogens is 410 g/mol. The third kappa shape index (κ3) is 4.95. The molecule has 0 spiro atoms. The molecule has 2 aromatic carbocycles. The van der Waals surface area contributed by atoms with Gasteiger partial charge >= 0.3 is 6.03 Å². The summed E-state index contributed by atoms with van der Waals surface area (Å²) < 4.78 is 16.5. The normalized spacial score (nSPS) is 15.2. The Morgan fingerprint density at radius 2 is 1.94 bits per heavy atom. The quantitative estimate of drug-likeness (QED) is 0.553. The molecule has 3 N–H and O–H groups in total. The number of carbonyl (C=O) groups excluding carboxylic acids is 2. The van der Waals surface area contributed by atoms with Crippen LogP contribution in [0.1, 0.15) is 25.5 Å². The number of amides is 3. The second kappa shape index (κ2) is 10.3. The van der Waals surface area contributed by atoms with Gasteiger partial charge in [-0.15, -0.1) is 6.42 Å². The van der Waals surface area contributed by atoms with Gasteiger partial charge in [0, 0.05) is 5.70 Å². The van der Waals surface area contributed by atoms with Crippen molar-refractivity contribution in [3.63, 3.8) is 0 Å². The molecule has 2 aromatic rings. The van der Waals surface area contributed by atoms with E-state index in [0.717, 1.165) is 0 Å². The summed E-state index contributed by atoms with van der Waals surface area (Å²) in [5, 5.41) is 8.34. The fraction of sp³-hybridized carbons (Fsp3) is 0.250. The van der Waals surface area contributed by atoms with E-state index >= 15 is 0 Å². The minimum Gasteiger partial charge on any atom is -0.495 e. The maximum atomic E-state index is 13.3. The molecule has 1 aliphatic heterocycles. The fourth-order valence-corrected chi connectivity index (χ4v) is 3.39. The van der Waals surface area contributed by atoms with Crippen molar-refractivity contribution in [1.29, 1.82) is 0 Å². The number of allylic oxidation sites excluding steroid dienone is 1. The Hall–Kier alpha value is -4.12. The lowest BCUT2D eigenvalue weighted by Gasteiger charge is -2.29. The van der Waals surface area contributed by atoms with E-state index in [4.69, 9.17) is 20.6 Å². The lowest BCUT2D eigenvalue weighted by atomic mass is 9.94. The summed E-state index contributed by atoms with van der Waals surface area (Å²) in [5.41, 5.74) is 1.97. The molecule has 0 fully saturated rings. The van der Waals surface area contributed by atoms with Gasteiger partial charge in [0.05, 0.1) is 31.0 Å². The summed E-state index contributed by atoms with van der Waals surface area (Å²) in [6.45, 7) is 4.02. The first-order valence-electron chi connectivity index (χ1n) is 10.0. The number of methoxy groups -OCH3 is 1. The number of carbonyl (C=O) groups is 2. The second-order valence-electron chi connectivity index (χ2n) is 6.86. The van der Waals surface area contributed by atoms with E-state index in [-0.39, 0.29) is 12.5 Å². The summed E-state index contributed by atoms with van der Waals surface area (Å²) in [6.07, 6.45) is 5.28. The number of urea groups is 1. The molecule has 166 valence electrons. The van der Waals surface area contributed by atoms with Gasteiger partial charge < -0.3 is 30.2 Å². The zero-order chi connectivity index (χ0) is 23.1. The van der Waals surface area contributed by atoms with Crippen LogP contribution >= 0.6 is 0 Å². The van der Waals surface area contributed by atoms with Crippen molar-refractivity contribution in [2.75, 3.05) is 25.6 Å². The van der Waals surface area contributed by atoms with Gasteiger partial charge in [-0.25, -0.2) is 4.79 Å². The van der Waals surface area contributed by atoms with Crippen molar-refractivity contribution in [2.45, 2.75) is 19.9 Å². The third-order valence-electron chi connectivity index (χ3n) is 4.78. The maximum absolute atomic E-state index is 13.3. The topological polar surface area (TPSA) is 97.9 Å². The molecule has 0 aliphatic carbocycles. The largest absolute Gasteiger partial charge is 0.495 e. The molecule has 0 aromatic heterocycles. The summed E-state index contributed by atoms with van der Waals surface area (Å²) in [4.78, 5) is 25.5. The van der Waals surface area contributed by atoms with Gasteiger partial charge in [-0.05, 0) is 43.7 Å². The van der Waals surface area contributed by atoms with Gasteiger partial charge in [-0.3, -0.25) is 4.79 Å². The van der Waals surface area contributed by atoms with E-state index < -0.39 is 12.1 Å². The van der Waals surface area contributed by atoms with E-state index in [9.17, 15) is 9.59 Å². The van der Waals surface area contributed by atoms with Crippen molar-refractivity contribution >= 4 is 17.6 Å². The number of para-hydroxylation sites is 2. The van der Waals surface area contributed by atoms with E-state index in [0.29, 0.717) is 46.4 Å². The smallest absolute Gasteiger partial charge is 0.319 e. The molecule has 1 atom stereocenters. The van der Waals surface area contributed by atoms with E-state index in [1.165, 1.54) is 7.11 Å². The van der Waals surface area contributed by atoms with E-state index in [1.807, 2.05) is 13.0 Å². The van der Waals surface area contributed by atoms with Crippen molar-refractivity contribution in [2.24, 2.45) is 0 Å². The highest BCUT2D eigenvalue weighted by Gasteiger charge is 2.32. The number of hydrogen-bond acceptors (Lipinski definition) is 5. The van der Waals surface area contributed by atoms with Crippen molar-refractivity contribution in [3.05, 3.63) is 59.3 Å². The highest BCUT2D eigenvalue weighted by molar-refractivity contribution is 6.07. The molecule has 8 nitrogen and oxygen atoms in total. The van der Waals surface area contributed by atoms with E-state index in [1.54, 1.807) is 43.3 Å². The van der Waals surface area contributed by atoms with Gasteiger partial charge in [-0.2, -0.15) is 0 Å². The predicted octanol–water partition coefficient (Wildman–Crippen LogP) is 3.37. The highest BCUT2D eigenvalue weighted by Crippen LogP contribution is 2.35. The van der Waals surface area contributed by atoms with Gasteiger partial charge in [0.2, 0.25) is 0 Å². The number of nitrogens with one attached hydrogen (secondary N) is 3. The molecule has 0 radical (unpaired) electrons. The second-order valence-corrected chi connectivity index (χ2v) is 6.86. The number of rotatable bonds is 8. The van der Waals surface area contributed by atoms with Crippen LogP contribution in [0.4, 0.5) is 10.5 Å². The first-order chi connectivity index (χ1) is 15.5. The lowest BCUT2D eigenvalue weighted by molar-refractivity contribution is -0.113. The lowest BCUT2D eigenvalue weighted by Crippen LogP contribution is -2.46. The maximum Gasteiger partial charge on any atom is 0.319 e. The number of terminal acetylenes is 1. The highest BCUT2D eigenvalue weighted by atomic mass is 16.5. The third-order valence-corrected chi connectivity index (χ3v) is 4.78. The van der Waals surface area contributed by atoms with Crippen LogP contribution < -0.4 is 30.2 Å². The van der Waals surface area contributed by atoms with Gasteiger partial charge in [-0.1, -0.05) is 24.1 Å². The minimum atomic E-state index is -0.709. The Morgan fingerprint density at radius 1 is 1.16 bits per heavy atom. The summed E-state index contributed by atoms with van der Waals surface area (Å²) in [6, 6.07) is 11.2. The van der Waals surface area contributed by atoms with E-state index in [2.05, 4.69) is 21.9 Å². The van der Waals surface area contributed by atoms with Crippen LogP contribution in [0.25, 0.3) is 0 Å². The zero-order valence-electron chi connectivity index (χ0n) is 18.2. The molecule has 8 heteroatoms. The molecule has 3 amide bonds. The molecule has 1 heterocycles. The average molecular weight is 435 g/mol. The Bertz CT molecular complexity index is 1090. The molecule has 3 rings (SSSR count). The summed E-state index contributed by atoms with van der Waals surface area (Å²) in [7, 11) is 1.53. The predicted molar refractivity (Wildman–Crippen MR) is 121 cm³/mol. The zero-order valence-corrected chi connectivity index (χ0v) is 18.2. The van der Waals surface area contributed by atoms with Crippen LogP contribution in [0.3, 0.4) is 0 Å². The first-order valence-corrected chi connectivity index (χ1v) is 10.0. The van der Waals surface area contributed by atoms with Crippen molar-refractivity contribution < 1.29 is 23.8 Å². The SMILES string of the molecule is C#CCOc1ccc([C@@H]2NC(=O)NC(C)=C2C(=O)Nc2ccccc2OC)cc1OCC. The number of anilines is 1. The number of benzene rings is 2. The molecule has 0 saturated carbocycles. The molecule has 0 bridgehead atoms. The summed E-state index contributed by atoms with van der Waals surface area (Å²) >= 11 is 0. The Kier molecular flexibility index (Phi) is 7.24. The van der Waals surface area contributed by atoms with Crippen LogP contribution in [0.15, 0.2) is 53.7 Å². The standard InChI is InChI=1S/C24H25N3O5/c1-5-13-32-19-12-11-16(14-20(19)31-6-2)22-21(15(3)25-24(29)27-22)23(28)26-17-9-7-8-10-18(17)30-4/h1,7-12,14,22H,6,13H2,2-4H3,(H,26,28)(H2,25,27,29)/t22-/m0/s1. The monoisotopic (exact) mass is 435 g/mol. The van der Waals surface area contributed by atoms with Crippen molar-refractivity contribution in [1.82, 2.24) is 10.6 Å². The van der Waals surface area contributed by atoms with Crippen LogP contribution in [-0.4, -0.2) is 32.3 Å². The van der Waals surface area contributed by atoms with Gasteiger partial charge in [0.15, 0.2) is 11.5 Å². The number of ether oxygens (including phenoxy) is 3. The van der Waals surface area contributed by atoms with Gasteiger partial charge in [0.1, 0.15) is 12.4 Å². The molecule has 0 unspecified atom stereocenters. The molecule has 32 heavy (non-hydrogen) atoms. The number of hydrogen-bond donors (Lipinski definition) is 3. The van der Waals surface area contributed by atoms with Crippen molar-refractivity contribution in [3.8, 4) is 29.6 Å². The Labute approximate surface area is 186 Å². The van der Waals surface area contributed by atoms with Crippen LogP contribution in [-0.2, 0) is 4.79 Å². The Morgan fingerprint density at radius 3 is 2.66 bits per heavy atom. The first kappa shape index (κ1) is 22.6. The van der Waals surface area contributed by atoms with Crippen LogP contribution in [0.2, 0.25) is 0 Å². The molecular formula is C24H25N3O5. The van der Waals surface area contributed by atoms with Crippen LogP contribution in [0.5, 0.6) is 17.2 Å². The van der Waals surface area contributed by atoms with Crippen LogP contribution in [0, 0.1) is 12.3 Å². The minimum absolute atomic E-state index is 0.0923. The van der Waals surface area contributed by atoms with Gasteiger partial charge in [0.25, 0.3) is 5.91 Å². The Balaban J connectivity index is 1.97. The fourth-order valence-electron chi connectivity index (χ4n) is 3.39. The molecule has 0 saturated heterocycles. The summed E-state index contributed by atoms with van der Waals surface area (Å²) in [5.74, 6) is 3.51. The average Bonchev–Trinajstić information content (AvgIpc) is 2.78.